The topological polar surface area (TPSA) is 64.4 Å². The summed E-state index contributed by atoms with van der Waals surface area (Å²) in [4.78, 5) is 12.2. The van der Waals surface area contributed by atoms with Gasteiger partial charge >= 0.3 is 0 Å². The number of halogens is 2. The molecule has 0 bridgehead atoms. The molecule has 0 spiro atoms. The number of ether oxygens (including phenoxy) is 1. The second kappa shape index (κ2) is 7.30. The number of amides is 1. The van der Waals surface area contributed by atoms with Gasteiger partial charge in [0.2, 0.25) is 5.91 Å². The molecule has 122 valence electrons. The van der Waals surface area contributed by atoms with Crippen LogP contribution < -0.4 is 11.1 Å². The smallest absolute Gasteiger partial charge is 0.249 e. The monoisotopic (exact) mass is 388 g/mol. The lowest BCUT2D eigenvalue weighted by atomic mass is 9.96. The molecule has 1 saturated carbocycles. The van der Waals surface area contributed by atoms with E-state index in [4.69, 9.17) is 10.5 Å². The van der Waals surface area contributed by atoms with Gasteiger partial charge in [0, 0.05) is 23.0 Å². The highest BCUT2D eigenvalue weighted by molar-refractivity contribution is 9.10. The molecular formula is C16H22BrClN2O2. The first-order valence-electron chi connectivity index (χ1n) is 7.52. The van der Waals surface area contributed by atoms with E-state index in [1.54, 1.807) is 0 Å². The quantitative estimate of drug-likeness (QED) is 0.813. The van der Waals surface area contributed by atoms with E-state index in [1.807, 2.05) is 12.1 Å². The molecule has 1 aromatic rings. The zero-order chi connectivity index (χ0) is 14.9. The van der Waals surface area contributed by atoms with E-state index in [2.05, 4.69) is 33.4 Å². The highest BCUT2D eigenvalue weighted by Gasteiger charge is 2.45. The van der Waals surface area contributed by atoms with Gasteiger partial charge in [0.05, 0.1) is 6.10 Å². The summed E-state index contributed by atoms with van der Waals surface area (Å²) in [5.74, 6) is 0.00669. The Kier molecular flexibility index (Phi) is 5.88. The van der Waals surface area contributed by atoms with Crippen LogP contribution >= 0.6 is 28.3 Å². The molecule has 2 aliphatic rings. The van der Waals surface area contributed by atoms with Crippen LogP contribution in [-0.4, -0.2) is 31.2 Å². The number of benzene rings is 1. The highest BCUT2D eigenvalue weighted by Crippen LogP contribution is 2.48. The molecule has 6 heteroatoms. The highest BCUT2D eigenvalue weighted by atomic mass is 79.9. The first-order chi connectivity index (χ1) is 10.1. The molecule has 2 atom stereocenters. The largest absolute Gasteiger partial charge is 0.364 e. The van der Waals surface area contributed by atoms with E-state index >= 15 is 0 Å². The first kappa shape index (κ1) is 17.7. The molecule has 1 heterocycles. The third kappa shape index (κ3) is 3.82. The van der Waals surface area contributed by atoms with Gasteiger partial charge in [0.1, 0.15) is 6.10 Å². The zero-order valence-corrected chi connectivity index (χ0v) is 14.8. The lowest BCUT2D eigenvalue weighted by molar-refractivity contribution is -0.131. The van der Waals surface area contributed by atoms with Crippen molar-refractivity contribution in [2.45, 2.75) is 43.3 Å². The third-order valence-electron chi connectivity index (χ3n) is 4.55. The third-order valence-corrected chi connectivity index (χ3v) is 5.05. The summed E-state index contributed by atoms with van der Waals surface area (Å²) >= 11 is 3.51. The van der Waals surface area contributed by atoms with Crippen molar-refractivity contribution in [2.75, 3.05) is 13.1 Å². The Bertz CT molecular complexity index is 537. The molecule has 22 heavy (non-hydrogen) atoms. The summed E-state index contributed by atoms with van der Waals surface area (Å²) in [5.41, 5.74) is 6.99. The van der Waals surface area contributed by atoms with E-state index in [0.717, 1.165) is 30.2 Å². The second-order valence-corrected chi connectivity index (χ2v) is 6.98. The molecule has 1 aromatic carbocycles. The maximum absolute atomic E-state index is 12.2. The molecule has 0 radical (unpaired) electrons. The average Bonchev–Trinajstić information content (AvgIpc) is 3.13. The molecule has 1 aliphatic heterocycles. The average molecular weight is 390 g/mol. The van der Waals surface area contributed by atoms with Crippen LogP contribution in [0.1, 0.15) is 31.2 Å². The fourth-order valence-electron chi connectivity index (χ4n) is 2.98. The van der Waals surface area contributed by atoms with Crippen LogP contribution in [0.25, 0.3) is 0 Å². The number of carbonyl (C=O) groups is 1. The van der Waals surface area contributed by atoms with E-state index in [9.17, 15) is 4.79 Å². The van der Waals surface area contributed by atoms with Gasteiger partial charge in [-0.05, 0) is 43.4 Å². The van der Waals surface area contributed by atoms with Crippen molar-refractivity contribution in [3.05, 3.63) is 34.3 Å². The van der Waals surface area contributed by atoms with Crippen molar-refractivity contribution >= 4 is 34.2 Å². The summed E-state index contributed by atoms with van der Waals surface area (Å²) in [6.07, 6.45) is 3.63. The summed E-state index contributed by atoms with van der Waals surface area (Å²) in [5, 5.41) is 3.07. The minimum Gasteiger partial charge on any atom is -0.364 e. The van der Waals surface area contributed by atoms with Crippen molar-refractivity contribution in [3.8, 4) is 0 Å². The molecule has 1 aliphatic carbocycles. The van der Waals surface area contributed by atoms with Crippen molar-refractivity contribution in [1.82, 2.24) is 5.32 Å². The number of hydrogen-bond acceptors (Lipinski definition) is 3. The Hall–Kier alpha value is -0.620. The van der Waals surface area contributed by atoms with Crippen molar-refractivity contribution in [3.63, 3.8) is 0 Å². The van der Waals surface area contributed by atoms with Gasteiger partial charge in [0.15, 0.2) is 0 Å². The van der Waals surface area contributed by atoms with E-state index in [0.29, 0.717) is 13.1 Å². The van der Waals surface area contributed by atoms with Crippen LogP contribution in [-0.2, 0) is 14.9 Å². The molecule has 3 rings (SSSR count). The molecule has 2 fully saturated rings. The molecule has 1 saturated heterocycles. The number of carbonyl (C=O) groups excluding carboxylic acids is 1. The van der Waals surface area contributed by atoms with Crippen molar-refractivity contribution in [1.29, 1.82) is 0 Å². The van der Waals surface area contributed by atoms with Gasteiger partial charge in [-0.1, -0.05) is 28.1 Å². The van der Waals surface area contributed by atoms with Crippen LogP contribution in [0, 0.1) is 0 Å². The molecule has 0 unspecified atom stereocenters. The molecular weight excluding hydrogens is 368 g/mol. The number of nitrogens with one attached hydrogen (secondary N) is 1. The normalized spacial score (nSPS) is 25.4. The van der Waals surface area contributed by atoms with Gasteiger partial charge < -0.3 is 15.8 Å². The van der Waals surface area contributed by atoms with E-state index < -0.39 is 0 Å². The van der Waals surface area contributed by atoms with Gasteiger partial charge in [-0.3, -0.25) is 4.79 Å². The lowest BCUT2D eigenvalue weighted by Crippen LogP contribution is -2.39. The minimum atomic E-state index is -0.322. The van der Waals surface area contributed by atoms with Crippen LogP contribution in [0.4, 0.5) is 0 Å². The Labute approximate surface area is 145 Å². The zero-order valence-electron chi connectivity index (χ0n) is 12.4. The van der Waals surface area contributed by atoms with Gasteiger partial charge in [0.25, 0.3) is 0 Å². The van der Waals surface area contributed by atoms with Gasteiger partial charge in [-0.25, -0.2) is 0 Å². The SMILES string of the molecule is Cl.NC[C@H]1CC[C@@H](C(=O)NCC2(c3cccc(Br)c3)CC2)O1. The Morgan fingerprint density at radius 3 is 2.77 bits per heavy atom. The van der Waals surface area contributed by atoms with Crippen molar-refractivity contribution in [2.24, 2.45) is 5.73 Å². The maximum atomic E-state index is 12.2. The minimum absolute atomic E-state index is 0. The Balaban J connectivity index is 0.00000176. The lowest BCUT2D eigenvalue weighted by Gasteiger charge is -2.19. The fraction of sp³-hybridized carbons (Fsp3) is 0.562. The second-order valence-electron chi connectivity index (χ2n) is 6.07. The summed E-state index contributed by atoms with van der Waals surface area (Å²) in [6, 6.07) is 8.36. The van der Waals surface area contributed by atoms with Crippen molar-refractivity contribution < 1.29 is 9.53 Å². The van der Waals surface area contributed by atoms with Crippen LogP contribution in [0.3, 0.4) is 0 Å². The number of hydrogen-bond donors (Lipinski definition) is 2. The van der Waals surface area contributed by atoms with Gasteiger partial charge in [-0.2, -0.15) is 0 Å². The van der Waals surface area contributed by atoms with Crippen LogP contribution in [0.2, 0.25) is 0 Å². The maximum Gasteiger partial charge on any atom is 0.249 e. The number of nitrogens with two attached hydrogens (primary N) is 1. The summed E-state index contributed by atoms with van der Waals surface area (Å²) < 4.78 is 6.72. The van der Waals surface area contributed by atoms with Crippen LogP contribution in [0.15, 0.2) is 28.7 Å². The molecule has 3 N–H and O–H groups in total. The molecule has 4 nitrogen and oxygen atoms in total. The molecule has 0 aromatic heterocycles. The van der Waals surface area contributed by atoms with Gasteiger partial charge in [-0.15, -0.1) is 12.4 Å². The Morgan fingerprint density at radius 2 is 2.18 bits per heavy atom. The first-order valence-corrected chi connectivity index (χ1v) is 8.31. The summed E-state index contributed by atoms with van der Waals surface area (Å²) in [7, 11) is 0. The van der Waals surface area contributed by atoms with E-state index in [-0.39, 0.29) is 35.9 Å². The standard InChI is InChI=1S/C16H21BrN2O2.ClH/c17-12-3-1-2-11(8-12)16(6-7-16)10-19-15(20)14-5-4-13(9-18)21-14;/h1-3,8,13-14H,4-7,9-10,18H2,(H,19,20);1H/t13-,14+;/m1./s1. The number of rotatable bonds is 5. The molecule has 1 amide bonds. The predicted octanol–water partition coefficient (Wildman–Crippen LogP) is 2.53. The predicted molar refractivity (Wildman–Crippen MR) is 92.3 cm³/mol. The van der Waals surface area contributed by atoms with E-state index in [1.165, 1.54) is 5.56 Å². The van der Waals surface area contributed by atoms with Crippen LogP contribution in [0.5, 0.6) is 0 Å². The Morgan fingerprint density at radius 1 is 1.41 bits per heavy atom. The summed E-state index contributed by atoms with van der Waals surface area (Å²) in [6.45, 7) is 1.18. The fourth-order valence-corrected chi connectivity index (χ4v) is 3.38.